The highest BCUT2D eigenvalue weighted by Crippen LogP contribution is 2.12. The van der Waals surface area contributed by atoms with Crippen molar-refractivity contribution >= 4 is 17.6 Å². The van der Waals surface area contributed by atoms with Crippen LogP contribution in [0.3, 0.4) is 0 Å². The van der Waals surface area contributed by atoms with Gasteiger partial charge in [-0.25, -0.2) is 0 Å². The minimum atomic E-state index is -0.614. The highest BCUT2D eigenvalue weighted by molar-refractivity contribution is 5.93. The first-order valence-corrected chi connectivity index (χ1v) is 4.67. The van der Waals surface area contributed by atoms with Gasteiger partial charge >= 0.3 is 17.9 Å². The van der Waals surface area contributed by atoms with Crippen LogP contribution in [0.25, 0.3) is 0 Å². The Labute approximate surface area is 91.7 Å². The third kappa shape index (κ3) is 2.60. The van der Waals surface area contributed by atoms with Crippen molar-refractivity contribution in [1.82, 2.24) is 0 Å². The number of carbonyl (C=O) groups is 2. The van der Waals surface area contributed by atoms with Crippen LogP contribution in [0.4, 0.5) is 5.69 Å². The Morgan fingerprint density at radius 1 is 1.06 bits per heavy atom. The van der Waals surface area contributed by atoms with E-state index in [1.807, 2.05) is 30.3 Å². The number of nitrogens with one attached hydrogen (secondary N) is 1. The Morgan fingerprint density at radius 3 is 2.31 bits per heavy atom. The molecule has 0 aliphatic carbocycles. The van der Waals surface area contributed by atoms with Crippen LogP contribution in [0.5, 0.6) is 0 Å². The lowest BCUT2D eigenvalue weighted by Crippen LogP contribution is -2.22. The number of para-hydroxylation sites is 1. The molecule has 1 aliphatic heterocycles. The molecule has 2 rings (SSSR count). The van der Waals surface area contributed by atoms with E-state index in [-0.39, 0.29) is 12.4 Å². The largest absolute Gasteiger partial charge is 0.391 e. The highest BCUT2D eigenvalue weighted by atomic mass is 16.7. The highest BCUT2D eigenvalue weighted by Gasteiger charge is 2.23. The van der Waals surface area contributed by atoms with E-state index in [2.05, 4.69) is 5.32 Å². The lowest BCUT2D eigenvalue weighted by Gasteiger charge is -2.13. The molecular formula is C11H9NO4. The Morgan fingerprint density at radius 2 is 1.69 bits per heavy atom. The molecule has 1 saturated heterocycles. The summed E-state index contributed by atoms with van der Waals surface area (Å²) in [5.74, 6) is -1.36. The predicted molar refractivity (Wildman–Crippen MR) is 54.9 cm³/mol. The van der Waals surface area contributed by atoms with Crippen molar-refractivity contribution in [2.75, 3.05) is 5.32 Å². The Kier molecular flexibility index (Phi) is 2.86. The molecule has 1 aromatic rings. The molecule has 0 amide bonds. The lowest BCUT2D eigenvalue weighted by molar-refractivity contribution is -0.167. The van der Waals surface area contributed by atoms with Crippen molar-refractivity contribution in [3.05, 3.63) is 42.5 Å². The van der Waals surface area contributed by atoms with Crippen LogP contribution in [0, 0.1) is 0 Å². The number of hydrogen-bond acceptors (Lipinski definition) is 5. The number of esters is 2. The Bertz CT molecular complexity index is 421. The summed E-state index contributed by atoms with van der Waals surface area (Å²) in [6, 6.07) is 9.21. The molecular weight excluding hydrogens is 210 g/mol. The lowest BCUT2D eigenvalue weighted by atomic mass is 10.3. The molecule has 0 spiro atoms. The zero-order valence-electron chi connectivity index (χ0n) is 8.30. The van der Waals surface area contributed by atoms with Crippen LogP contribution in [-0.4, -0.2) is 11.9 Å². The van der Waals surface area contributed by atoms with Gasteiger partial charge in [0.25, 0.3) is 0 Å². The van der Waals surface area contributed by atoms with Gasteiger partial charge in [0.05, 0.1) is 6.20 Å². The molecule has 82 valence electrons. The monoisotopic (exact) mass is 219 g/mol. The van der Waals surface area contributed by atoms with Crippen molar-refractivity contribution < 1.29 is 19.1 Å². The van der Waals surface area contributed by atoms with Crippen LogP contribution < -0.4 is 5.32 Å². The molecule has 1 aromatic carbocycles. The van der Waals surface area contributed by atoms with E-state index in [0.717, 1.165) is 5.69 Å². The van der Waals surface area contributed by atoms with Crippen LogP contribution in [0.2, 0.25) is 0 Å². The fourth-order valence-corrected chi connectivity index (χ4v) is 1.17. The molecule has 1 heterocycles. The number of cyclic esters (lactones) is 2. The average molecular weight is 219 g/mol. The molecule has 5 nitrogen and oxygen atoms in total. The van der Waals surface area contributed by atoms with Crippen molar-refractivity contribution in [2.45, 2.75) is 6.42 Å². The summed E-state index contributed by atoms with van der Waals surface area (Å²) in [7, 11) is 0. The molecule has 0 atom stereocenters. The first kappa shape index (κ1) is 10.2. The van der Waals surface area contributed by atoms with Crippen molar-refractivity contribution in [3.63, 3.8) is 0 Å². The first-order chi connectivity index (χ1) is 7.74. The molecule has 1 aliphatic rings. The van der Waals surface area contributed by atoms with Crippen molar-refractivity contribution in [3.8, 4) is 0 Å². The summed E-state index contributed by atoms with van der Waals surface area (Å²) in [5, 5.41) is 2.84. The van der Waals surface area contributed by atoms with Crippen LogP contribution in [0.15, 0.2) is 42.5 Å². The maximum atomic E-state index is 10.9. The normalized spacial score (nSPS) is 15.1. The molecule has 0 unspecified atom stereocenters. The van der Waals surface area contributed by atoms with Gasteiger partial charge in [0, 0.05) is 5.69 Å². The Balaban J connectivity index is 2.02. The molecule has 1 N–H and O–H groups in total. The van der Waals surface area contributed by atoms with Crippen molar-refractivity contribution in [1.29, 1.82) is 0 Å². The molecule has 1 fully saturated rings. The van der Waals surface area contributed by atoms with Gasteiger partial charge in [-0.05, 0) is 12.1 Å². The quantitative estimate of drug-likeness (QED) is 0.601. The minimum Gasteiger partial charge on any atom is -0.391 e. The maximum Gasteiger partial charge on any atom is 0.324 e. The second-order valence-corrected chi connectivity index (χ2v) is 3.10. The fourth-order valence-electron chi connectivity index (χ4n) is 1.17. The van der Waals surface area contributed by atoms with E-state index in [1.54, 1.807) is 0 Å². The number of carbonyl (C=O) groups excluding carboxylic acids is 2. The first-order valence-electron chi connectivity index (χ1n) is 4.67. The maximum absolute atomic E-state index is 10.9. The summed E-state index contributed by atoms with van der Waals surface area (Å²) in [6.07, 6.45) is 0.979. The third-order valence-electron chi connectivity index (χ3n) is 1.85. The van der Waals surface area contributed by atoms with Gasteiger partial charge in [-0.15, -0.1) is 0 Å². The predicted octanol–water partition coefficient (Wildman–Crippen LogP) is 1.39. The number of anilines is 1. The second kappa shape index (κ2) is 4.48. The summed E-state index contributed by atoms with van der Waals surface area (Å²) >= 11 is 0. The average Bonchev–Trinajstić information content (AvgIpc) is 2.27. The van der Waals surface area contributed by atoms with Crippen LogP contribution >= 0.6 is 0 Å². The van der Waals surface area contributed by atoms with Crippen molar-refractivity contribution in [2.24, 2.45) is 0 Å². The van der Waals surface area contributed by atoms with Gasteiger partial charge in [-0.1, -0.05) is 18.2 Å². The molecule has 16 heavy (non-hydrogen) atoms. The summed E-state index contributed by atoms with van der Waals surface area (Å²) in [6.45, 7) is 0. The topological polar surface area (TPSA) is 64.6 Å². The van der Waals surface area contributed by atoms with E-state index in [9.17, 15) is 9.59 Å². The molecule has 0 bridgehead atoms. The molecule has 5 heteroatoms. The smallest absolute Gasteiger partial charge is 0.324 e. The van der Waals surface area contributed by atoms with Gasteiger partial charge in [0.1, 0.15) is 6.42 Å². The Hall–Kier alpha value is -2.30. The van der Waals surface area contributed by atoms with E-state index in [4.69, 9.17) is 9.47 Å². The summed E-state index contributed by atoms with van der Waals surface area (Å²) in [5.41, 5.74) is 0.799. The fraction of sp³-hybridized carbons (Fsp3) is 0.0909. The standard InChI is InChI=1S/C11H9NO4/c13-9-6-10(14)16-11(15-9)7-12-8-4-2-1-3-5-8/h1-5,7,12H,6H2. The van der Waals surface area contributed by atoms with Gasteiger partial charge in [0.15, 0.2) is 0 Å². The minimum absolute atomic E-state index is 0.134. The summed E-state index contributed by atoms with van der Waals surface area (Å²) in [4.78, 5) is 21.8. The zero-order chi connectivity index (χ0) is 11.4. The SMILES string of the molecule is O=C1CC(=O)OC(=CNc2ccccc2)O1. The zero-order valence-corrected chi connectivity index (χ0v) is 8.30. The molecule has 0 saturated carbocycles. The number of hydrogen-bond donors (Lipinski definition) is 1. The van der Waals surface area contributed by atoms with E-state index in [0.29, 0.717) is 0 Å². The molecule has 0 radical (unpaired) electrons. The van der Waals surface area contributed by atoms with Gasteiger partial charge < -0.3 is 14.8 Å². The van der Waals surface area contributed by atoms with E-state index in [1.165, 1.54) is 6.20 Å². The van der Waals surface area contributed by atoms with Gasteiger partial charge in [0.2, 0.25) is 0 Å². The summed E-state index contributed by atoms with van der Waals surface area (Å²) < 4.78 is 9.39. The second-order valence-electron chi connectivity index (χ2n) is 3.10. The van der Waals surface area contributed by atoms with Crippen LogP contribution in [-0.2, 0) is 19.1 Å². The van der Waals surface area contributed by atoms with Gasteiger partial charge in [-0.3, -0.25) is 9.59 Å². The van der Waals surface area contributed by atoms with E-state index < -0.39 is 11.9 Å². The van der Waals surface area contributed by atoms with E-state index >= 15 is 0 Å². The number of rotatable bonds is 2. The van der Waals surface area contributed by atoms with Gasteiger partial charge in [-0.2, -0.15) is 0 Å². The van der Waals surface area contributed by atoms with Crippen LogP contribution in [0.1, 0.15) is 6.42 Å². The molecule has 0 aromatic heterocycles. The third-order valence-corrected chi connectivity index (χ3v) is 1.85. The number of benzene rings is 1. The number of ether oxygens (including phenoxy) is 2.